The fraction of sp³-hybridized carbons (Fsp3) is 0.467. The average Bonchev–Trinajstić information content (AvgIpc) is 2.97. The Balaban J connectivity index is 1.88. The first-order valence-electron chi connectivity index (χ1n) is 7.28. The van der Waals surface area contributed by atoms with Gasteiger partial charge in [-0.1, -0.05) is 0 Å². The second-order valence-corrected chi connectivity index (χ2v) is 6.30. The number of hydrogen-bond donors (Lipinski definition) is 0. The van der Waals surface area contributed by atoms with E-state index in [0.717, 1.165) is 41.6 Å². The number of methoxy groups -OCH3 is 1. The zero-order chi connectivity index (χ0) is 15.5. The SMILES string of the molecule is COCCC(=O)c1nc2c(s1)CCCN2c1ccc(C)nn1. The largest absolute Gasteiger partial charge is 0.384 e. The van der Waals surface area contributed by atoms with Crippen molar-refractivity contribution in [2.24, 2.45) is 0 Å². The van der Waals surface area contributed by atoms with Gasteiger partial charge in [0, 0.05) is 25.0 Å². The highest BCUT2D eigenvalue weighted by Crippen LogP contribution is 2.35. The molecule has 3 rings (SSSR count). The highest BCUT2D eigenvalue weighted by molar-refractivity contribution is 7.14. The summed E-state index contributed by atoms with van der Waals surface area (Å²) in [5.74, 6) is 1.68. The standard InChI is InChI=1S/C15H18N4O2S/c1-10-5-6-13(18-17-10)19-8-3-4-12-14(19)16-15(22-12)11(20)7-9-21-2/h5-6H,3-4,7-9H2,1-2H3. The predicted octanol–water partition coefficient (Wildman–Crippen LogP) is 2.55. The van der Waals surface area contributed by atoms with E-state index in [9.17, 15) is 4.79 Å². The van der Waals surface area contributed by atoms with E-state index in [4.69, 9.17) is 4.74 Å². The minimum atomic E-state index is 0.0381. The van der Waals surface area contributed by atoms with Gasteiger partial charge in [0.2, 0.25) is 0 Å². The molecule has 0 saturated carbocycles. The monoisotopic (exact) mass is 318 g/mol. The van der Waals surface area contributed by atoms with Crippen LogP contribution in [0.25, 0.3) is 0 Å². The summed E-state index contributed by atoms with van der Waals surface area (Å²) in [7, 11) is 1.60. The molecule has 22 heavy (non-hydrogen) atoms. The van der Waals surface area contributed by atoms with Crippen molar-refractivity contribution in [2.75, 3.05) is 25.2 Å². The molecule has 0 aromatic carbocycles. The Labute approximate surface area is 133 Å². The summed E-state index contributed by atoms with van der Waals surface area (Å²) >= 11 is 1.49. The highest BCUT2D eigenvalue weighted by Gasteiger charge is 2.25. The number of carbonyl (C=O) groups excluding carboxylic acids is 1. The maximum atomic E-state index is 12.1. The van der Waals surface area contributed by atoms with E-state index in [1.54, 1.807) is 7.11 Å². The van der Waals surface area contributed by atoms with Gasteiger partial charge in [-0.2, -0.15) is 5.10 Å². The molecule has 3 heterocycles. The molecular weight excluding hydrogens is 300 g/mol. The van der Waals surface area contributed by atoms with Gasteiger partial charge in [-0.15, -0.1) is 16.4 Å². The van der Waals surface area contributed by atoms with E-state index >= 15 is 0 Å². The van der Waals surface area contributed by atoms with Crippen LogP contribution < -0.4 is 4.90 Å². The molecule has 0 unspecified atom stereocenters. The predicted molar refractivity (Wildman–Crippen MR) is 85.0 cm³/mol. The average molecular weight is 318 g/mol. The highest BCUT2D eigenvalue weighted by atomic mass is 32.1. The fourth-order valence-corrected chi connectivity index (χ4v) is 3.48. The normalized spacial score (nSPS) is 14.0. The molecule has 1 aliphatic rings. The van der Waals surface area contributed by atoms with Crippen molar-refractivity contribution >= 4 is 28.8 Å². The quantitative estimate of drug-likeness (QED) is 0.789. The van der Waals surface area contributed by atoms with Crippen molar-refractivity contribution in [2.45, 2.75) is 26.2 Å². The summed E-state index contributed by atoms with van der Waals surface area (Å²) < 4.78 is 4.96. The van der Waals surface area contributed by atoms with E-state index in [1.165, 1.54) is 11.3 Å². The summed E-state index contributed by atoms with van der Waals surface area (Å²) in [4.78, 5) is 19.9. The molecule has 0 fully saturated rings. The van der Waals surface area contributed by atoms with Crippen molar-refractivity contribution in [3.8, 4) is 0 Å². The van der Waals surface area contributed by atoms with Gasteiger partial charge < -0.3 is 9.64 Å². The lowest BCUT2D eigenvalue weighted by molar-refractivity contribution is 0.0932. The van der Waals surface area contributed by atoms with Gasteiger partial charge >= 0.3 is 0 Å². The van der Waals surface area contributed by atoms with Crippen molar-refractivity contribution in [1.82, 2.24) is 15.2 Å². The van der Waals surface area contributed by atoms with Crippen LogP contribution in [0.2, 0.25) is 0 Å². The summed E-state index contributed by atoms with van der Waals surface area (Å²) in [6, 6.07) is 3.89. The van der Waals surface area contributed by atoms with Crippen LogP contribution in [0.5, 0.6) is 0 Å². The van der Waals surface area contributed by atoms with Crippen molar-refractivity contribution < 1.29 is 9.53 Å². The van der Waals surface area contributed by atoms with Crippen LogP contribution in [-0.4, -0.2) is 41.2 Å². The Bertz CT molecular complexity index is 669. The first-order chi connectivity index (χ1) is 10.7. The van der Waals surface area contributed by atoms with Gasteiger partial charge in [-0.25, -0.2) is 4.98 Å². The third-order valence-electron chi connectivity index (χ3n) is 3.55. The van der Waals surface area contributed by atoms with Gasteiger partial charge in [0.25, 0.3) is 0 Å². The number of anilines is 2. The number of carbonyl (C=O) groups is 1. The molecule has 2 aromatic rings. The number of rotatable bonds is 5. The van der Waals surface area contributed by atoms with Crippen LogP contribution in [0.1, 0.15) is 33.2 Å². The Hall–Kier alpha value is -1.86. The molecular formula is C15H18N4O2S. The van der Waals surface area contributed by atoms with E-state index in [0.29, 0.717) is 18.0 Å². The lowest BCUT2D eigenvalue weighted by atomic mass is 10.2. The van der Waals surface area contributed by atoms with Crippen LogP contribution in [0.3, 0.4) is 0 Å². The molecule has 1 aliphatic heterocycles. The molecule has 0 spiro atoms. The maximum Gasteiger partial charge on any atom is 0.193 e. The van der Waals surface area contributed by atoms with Gasteiger partial charge in [-0.3, -0.25) is 4.79 Å². The van der Waals surface area contributed by atoms with E-state index in [2.05, 4.69) is 20.1 Å². The van der Waals surface area contributed by atoms with Crippen molar-refractivity contribution in [3.63, 3.8) is 0 Å². The van der Waals surface area contributed by atoms with Gasteiger partial charge in [-0.05, 0) is 31.9 Å². The van der Waals surface area contributed by atoms with Crippen LogP contribution >= 0.6 is 11.3 Å². The Kier molecular flexibility index (Phi) is 4.44. The van der Waals surface area contributed by atoms with Crippen LogP contribution in [-0.2, 0) is 11.2 Å². The van der Waals surface area contributed by atoms with E-state index in [1.807, 2.05) is 19.1 Å². The number of ether oxygens (including phenoxy) is 1. The zero-order valence-corrected chi connectivity index (χ0v) is 13.5. The molecule has 0 aliphatic carbocycles. The Morgan fingerprint density at radius 3 is 3.00 bits per heavy atom. The number of ketones is 1. The summed E-state index contributed by atoms with van der Waals surface area (Å²) in [6.45, 7) is 3.18. The van der Waals surface area contributed by atoms with Crippen LogP contribution in [0, 0.1) is 6.92 Å². The molecule has 7 heteroatoms. The lowest BCUT2D eigenvalue weighted by Gasteiger charge is -2.25. The smallest absolute Gasteiger partial charge is 0.193 e. The van der Waals surface area contributed by atoms with Gasteiger partial charge in [0.15, 0.2) is 16.6 Å². The van der Waals surface area contributed by atoms with Crippen molar-refractivity contribution in [1.29, 1.82) is 0 Å². The van der Waals surface area contributed by atoms with Gasteiger partial charge in [0.05, 0.1) is 12.3 Å². The van der Waals surface area contributed by atoms with Crippen molar-refractivity contribution in [3.05, 3.63) is 27.7 Å². The van der Waals surface area contributed by atoms with Crippen LogP contribution in [0.15, 0.2) is 12.1 Å². The molecule has 0 N–H and O–H groups in total. The molecule has 2 aromatic heterocycles. The molecule has 0 amide bonds. The number of nitrogens with zero attached hydrogens (tertiary/aromatic N) is 4. The minimum absolute atomic E-state index is 0.0381. The number of Topliss-reactive ketones (excluding diaryl/α,β-unsaturated/α-hetero) is 1. The van der Waals surface area contributed by atoms with E-state index < -0.39 is 0 Å². The maximum absolute atomic E-state index is 12.1. The first kappa shape index (κ1) is 15.1. The zero-order valence-electron chi connectivity index (χ0n) is 12.7. The number of aromatic nitrogens is 3. The molecule has 6 nitrogen and oxygen atoms in total. The molecule has 0 radical (unpaired) electrons. The van der Waals surface area contributed by atoms with Gasteiger partial charge in [0.1, 0.15) is 5.82 Å². The third-order valence-corrected chi connectivity index (χ3v) is 4.70. The topological polar surface area (TPSA) is 68.2 Å². The van der Waals surface area contributed by atoms with E-state index in [-0.39, 0.29) is 5.78 Å². The Morgan fingerprint density at radius 1 is 1.41 bits per heavy atom. The third kappa shape index (κ3) is 3.00. The molecule has 0 atom stereocenters. The minimum Gasteiger partial charge on any atom is -0.384 e. The lowest BCUT2D eigenvalue weighted by Crippen LogP contribution is -2.25. The summed E-state index contributed by atoms with van der Waals surface area (Å²) in [5, 5.41) is 8.91. The number of thiazole rings is 1. The summed E-state index contributed by atoms with van der Waals surface area (Å²) in [5.41, 5.74) is 0.884. The Morgan fingerprint density at radius 2 is 2.27 bits per heavy atom. The number of hydrogen-bond acceptors (Lipinski definition) is 7. The molecule has 116 valence electrons. The second kappa shape index (κ2) is 6.50. The fourth-order valence-electron chi connectivity index (χ4n) is 2.40. The molecule has 0 bridgehead atoms. The van der Waals surface area contributed by atoms with Crippen LogP contribution in [0.4, 0.5) is 11.6 Å². The number of aryl methyl sites for hydroxylation is 2. The second-order valence-electron chi connectivity index (χ2n) is 5.22. The first-order valence-corrected chi connectivity index (χ1v) is 8.10. The number of fused-ring (bicyclic) bond motifs is 1. The molecule has 0 saturated heterocycles. The summed E-state index contributed by atoms with van der Waals surface area (Å²) in [6.07, 6.45) is 2.35.